The van der Waals surface area contributed by atoms with Gasteiger partial charge >= 0.3 is 7.12 Å². The van der Waals surface area contributed by atoms with Gasteiger partial charge in [-0.2, -0.15) is 0 Å². The number of hydrogen-bond donors (Lipinski definition) is 0. The lowest BCUT2D eigenvalue weighted by Crippen LogP contribution is -2.41. The standard InChI is InChI=1S/C11H21BO2/c1-9(2)7-8(9)12-13-10(3,4)11(5,6)14-12/h8H,7H2,1-6H3/t8-/m1/s1. The SMILES string of the molecule is CC1(C)C[C@H]1B1OC(C)(C)C(C)(C)O1. The molecule has 2 nitrogen and oxygen atoms in total. The van der Waals surface area contributed by atoms with E-state index in [1.54, 1.807) is 0 Å². The Balaban J connectivity index is 2.08. The van der Waals surface area contributed by atoms with Crippen molar-refractivity contribution in [3.8, 4) is 0 Å². The molecule has 2 aliphatic rings. The minimum atomic E-state index is -0.170. The van der Waals surface area contributed by atoms with Gasteiger partial charge in [0.25, 0.3) is 0 Å². The zero-order valence-electron chi connectivity index (χ0n) is 10.2. The molecule has 1 saturated heterocycles. The summed E-state index contributed by atoms with van der Waals surface area (Å²) in [6.45, 7) is 13.0. The summed E-state index contributed by atoms with van der Waals surface area (Å²) in [6, 6.07) is 0. The van der Waals surface area contributed by atoms with Gasteiger partial charge in [-0.3, -0.25) is 0 Å². The summed E-state index contributed by atoms with van der Waals surface area (Å²) >= 11 is 0. The highest BCUT2D eigenvalue weighted by Gasteiger charge is 2.62. The first kappa shape index (κ1) is 10.5. The van der Waals surface area contributed by atoms with Crippen molar-refractivity contribution in [2.24, 2.45) is 5.41 Å². The fourth-order valence-corrected chi connectivity index (χ4v) is 2.03. The zero-order valence-corrected chi connectivity index (χ0v) is 10.2. The van der Waals surface area contributed by atoms with Crippen LogP contribution >= 0.6 is 0 Å². The van der Waals surface area contributed by atoms with Crippen molar-refractivity contribution >= 4 is 7.12 Å². The Kier molecular flexibility index (Phi) is 1.92. The van der Waals surface area contributed by atoms with Gasteiger partial charge in [-0.1, -0.05) is 13.8 Å². The summed E-state index contributed by atoms with van der Waals surface area (Å²) in [5, 5.41) is 0. The third-order valence-corrected chi connectivity index (χ3v) is 4.19. The molecule has 1 aliphatic heterocycles. The Morgan fingerprint density at radius 3 is 1.57 bits per heavy atom. The molecule has 2 rings (SSSR count). The predicted octanol–water partition coefficient (Wildman–Crippen LogP) is 2.88. The van der Waals surface area contributed by atoms with Crippen molar-refractivity contribution in [2.75, 3.05) is 0 Å². The monoisotopic (exact) mass is 196 g/mol. The minimum absolute atomic E-state index is 0.00926. The van der Waals surface area contributed by atoms with Crippen LogP contribution in [0.3, 0.4) is 0 Å². The molecule has 3 heteroatoms. The van der Waals surface area contributed by atoms with Crippen LogP contribution in [0.2, 0.25) is 5.82 Å². The maximum atomic E-state index is 6.00. The Morgan fingerprint density at radius 1 is 0.929 bits per heavy atom. The second-order valence-corrected chi connectivity index (χ2v) is 6.42. The van der Waals surface area contributed by atoms with E-state index in [4.69, 9.17) is 9.31 Å². The summed E-state index contributed by atoms with van der Waals surface area (Å²) in [4.78, 5) is 0. The summed E-state index contributed by atoms with van der Waals surface area (Å²) in [5.74, 6) is 0.587. The highest BCUT2D eigenvalue weighted by molar-refractivity contribution is 6.49. The second kappa shape index (κ2) is 2.56. The quantitative estimate of drug-likeness (QED) is 0.600. The molecule has 0 aromatic carbocycles. The van der Waals surface area contributed by atoms with Crippen LogP contribution < -0.4 is 0 Å². The van der Waals surface area contributed by atoms with Gasteiger partial charge in [-0.15, -0.1) is 0 Å². The van der Waals surface area contributed by atoms with Gasteiger partial charge in [0.2, 0.25) is 0 Å². The molecule has 14 heavy (non-hydrogen) atoms. The summed E-state index contributed by atoms with van der Waals surface area (Å²) < 4.78 is 12.0. The van der Waals surface area contributed by atoms with Gasteiger partial charge < -0.3 is 9.31 Å². The Morgan fingerprint density at radius 2 is 1.29 bits per heavy atom. The van der Waals surface area contributed by atoms with E-state index >= 15 is 0 Å². The number of rotatable bonds is 1. The molecule has 0 spiro atoms. The van der Waals surface area contributed by atoms with Crippen molar-refractivity contribution in [3.05, 3.63) is 0 Å². The molecule has 1 aliphatic carbocycles. The topological polar surface area (TPSA) is 18.5 Å². The van der Waals surface area contributed by atoms with Crippen LogP contribution in [0.25, 0.3) is 0 Å². The van der Waals surface area contributed by atoms with Crippen LogP contribution in [0.1, 0.15) is 48.0 Å². The molecule has 0 unspecified atom stereocenters. The van der Waals surface area contributed by atoms with E-state index in [-0.39, 0.29) is 18.3 Å². The molecular formula is C11H21BO2. The van der Waals surface area contributed by atoms with Crippen LogP contribution in [0.15, 0.2) is 0 Å². The van der Waals surface area contributed by atoms with E-state index in [1.807, 2.05) is 0 Å². The highest BCUT2D eigenvalue weighted by Crippen LogP contribution is 2.61. The van der Waals surface area contributed by atoms with Gasteiger partial charge in [0, 0.05) is 0 Å². The minimum Gasteiger partial charge on any atom is -0.403 e. The molecule has 0 amide bonds. The average molecular weight is 196 g/mol. The van der Waals surface area contributed by atoms with Crippen LogP contribution in [-0.2, 0) is 9.31 Å². The van der Waals surface area contributed by atoms with Crippen LogP contribution in [0, 0.1) is 5.41 Å². The Labute approximate surface area is 87.5 Å². The lowest BCUT2D eigenvalue weighted by molar-refractivity contribution is 0.00578. The molecule has 0 radical (unpaired) electrons. The molecule has 0 aromatic heterocycles. The van der Waals surface area contributed by atoms with Crippen LogP contribution in [0.4, 0.5) is 0 Å². The molecule has 1 atom stereocenters. The average Bonchev–Trinajstić information content (AvgIpc) is 2.49. The first-order chi connectivity index (χ1) is 6.16. The first-order valence-electron chi connectivity index (χ1n) is 5.51. The lowest BCUT2D eigenvalue weighted by Gasteiger charge is -2.32. The van der Waals surface area contributed by atoms with E-state index in [9.17, 15) is 0 Å². The van der Waals surface area contributed by atoms with E-state index in [0.29, 0.717) is 11.2 Å². The van der Waals surface area contributed by atoms with E-state index < -0.39 is 0 Å². The van der Waals surface area contributed by atoms with Crippen LogP contribution in [0.5, 0.6) is 0 Å². The normalized spacial score (nSPS) is 37.3. The van der Waals surface area contributed by atoms with Crippen molar-refractivity contribution in [3.63, 3.8) is 0 Å². The fourth-order valence-electron chi connectivity index (χ4n) is 2.03. The van der Waals surface area contributed by atoms with Gasteiger partial charge in [-0.25, -0.2) is 0 Å². The van der Waals surface area contributed by atoms with Gasteiger partial charge in [-0.05, 0) is 45.3 Å². The van der Waals surface area contributed by atoms with Crippen molar-refractivity contribution < 1.29 is 9.31 Å². The third-order valence-electron chi connectivity index (χ3n) is 4.19. The lowest BCUT2D eigenvalue weighted by atomic mass is 9.78. The first-order valence-corrected chi connectivity index (χ1v) is 5.51. The summed E-state index contributed by atoms with van der Waals surface area (Å²) in [5.41, 5.74) is 0.0772. The summed E-state index contributed by atoms with van der Waals surface area (Å²) in [6.07, 6.45) is 1.23. The molecule has 1 heterocycles. The molecule has 0 bridgehead atoms. The molecule has 80 valence electrons. The van der Waals surface area contributed by atoms with Crippen LogP contribution in [-0.4, -0.2) is 18.3 Å². The Hall–Kier alpha value is -0.0151. The maximum absolute atomic E-state index is 6.00. The van der Waals surface area contributed by atoms with E-state index in [0.717, 1.165) is 0 Å². The van der Waals surface area contributed by atoms with Crippen molar-refractivity contribution in [2.45, 2.75) is 65.0 Å². The van der Waals surface area contributed by atoms with E-state index in [2.05, 4.69) is 41.5 Å². The predicted molar refractivity (Wildman–Crippen MR) is 58.2 cm³/mol. The smallest absolute Gasteiger partial charge is 0.403 e. The second-order valence-electron chi connectivity index (χ2n) is 6.42. The maximum Gasteiger partial charge on any atom is 0.461 e. The fraction of sp³-hybridized carbons (Fsp3) is 1.00. The third kappa shape index (κ3) is 1.41. The largest absolute Gasteiger partial charge is 0.461 e. The van der Waals surface area contributed by atoms with Gasteiger partial charge in [0.05, 0.1) is 11.2 Å². The highest BCUT2D eigenvalue weighted by atomic mass is 16.7. The zero-order chi connectivity index (χ0) is 10.8. The van der Waals surface area contributed by atoms with Gasteiger partial charge in [0.1, 0.15) is 0 Å². The summed E-state index contributed by atoms with van der Waals surface area (Å²) in [7, 11) is 0.00926. The number of hydrogen-bond acceptors (Lipinski definition) is 2. The molecule has 0 N–H and O–H groups in total. The van der Waals surface area contributed by atoms with Crippen molar-refractivity contribution in [1.29, 1.82) is 0 Å². The van der Waals surface area contributed by atoms with Gasteiger partial charge in [0.15, 0.2) is 0 Å². The molecule has 1 saturated carbocycles. The van der Waals surface area contributed by atoms with Crippen molar-refractivity contribution in [1.82, 2.24) is 0 Å². The Bertz CT molecular complexity index is 242. The molecule has 0 aromatic rings. The molecular weight excluding hydrogens is 175 g/mol. The molecule has 2 fully saturated rings. The van der Waals surface area contributed by atoms with E-state index in [1.165, 1.54) is 6.42 Å².